The molecule has 4 unspecified atom stereocenters. The maximum Gasteiger partial charge on any atom is 0.325 e. The Morgan fingerprint density at radius 2 is 1.76 bits per heavy atom. The largest absolute Gasteiger partial charge is 0.480 e. The summed E-state index contributed by atoms with van der Waals surface area (Å²) in [6.07, 6.45) is 5.20. The molecule has 0 radical (unpaired) electrons. The number of carbonyl (C=O) groups is 4. The molecular weight excluding hydrogens is 400 g/mol. The number of aliphatic carboxylic acids is 1. The van der Waals surface area contributed by atoms with E-state index in [0.29, 0.717) is 17.9 Å². The maximum atomic E-state index is 12.8. The van der Waals surface area contributed by atoms with Gasteiger partial charge >= 0.3 is 5.97 Å². The number of carboxylic acid groups (broad SMARTS) is 1. The van der Waals surface area contributed by atoms with E-state index in [1.54, 1.807) is 0 Å². The number of aromatic amines is 1. The number of hydrogen-bond acceptors (Lipinski definition) is 7. The van der Waals surface area contributed by atoms with Crippen LogP contribution < -0.4 is 21.7 Å². The fraction of sp³-hybridized carbons (Fsp3) is 0.588. The Hall–Kier alpha value is -2.60. The molecule has 4 atom stereocenters. The molecule has 12 heteroatoms. The maximum absolute atomic E-state index is 12.8. The van der Waals surface area contributed by atoms with Gasteiger partial charge in [-0.25, -0.2) is 4.98 Å². The van der Waals surface area contributed by atoms with Crippen LogP contribution in [0.5, 0.6) is 0 Å². The highest BCUT2D eigenvalue weighted by Crippen LogP contribution is 2.05. The summed E-state index contributed by atoms with van der Waals surface area (Å²) in [6.45, 7) is 2.82. The quantitative estimate of drug-likeness (QED) is 0.235. The van der Waals surface area contributed by atoms with E-state index in [0.717, 1.165) is 0 Å². The lowest BCUT2D eigenvalue weighted by Gasteiger charge is -2.24. The molecule has 0 fully saturated rings. The van der Waals surface area contributed by atoms with Crippen LogP contribution in [0.15, 0.2) is 12.5 Å². The lowest BCUT2D eigenvalue weighted by atomic mass is 10.1. The Morgan fingerprint density at radius 3 is 2.28 bits per heavy atom. The van der Waals surface area contributed by atoms with Crippen molar-refractivity contribution >= 4 is 35.5 Å². The zero-order chi connectivity index (χ0) is 22.0. The third-order valence-corrected chi connectivity index (χ3v) is 4.64. The first-order chi connectivity index (χ1) is 13.6. The number of nitrogens with two attached hydrogens (primary N) is 1. The Labute approximate surface area is 173 Å². The molecule has 0 aliphatic carbocycles. The van der Waals surface area contributed by atoms with Gasteiger partial charge in [0.05, 0.1) is 12.4 Å². The number of carboxylic acids is 1. The minimum absolute atomic E-state index is 0.0698. The zero-order valence-corrected chi connectivity index (χ0v) is 17.4. The normalized spacial score (nSPS) is 14.9. The molecule has 0 aromatic carbocycles. The predicted molar refractivity (Wildman–Crippen MR) is 108 cm³/mol. The van der Waals surface area contributed by atoms with Gasteiger partial charge in [0.25, 0.3) is 0 Å². The van der Waals surface area contributed by atoms with Crippen LogP contribution in [0.2, 0.25) is 0 Å². The Balaban J connectivity index is 2.94. The number of hydrogen-bond donors (Lipinski definition) is 6. The van der Waals surface area contributed by atoms with Crippen molar-refractivity contribution in [3.8, 4) is 0 Å². The SMILES string of the molecule is CSCCC(NC(=O)C(C)N)C(=O)NC(Cc1cnc[nH]1)C(=O)NC(C)C(=O)O. The van der Waals surface area contributed by atoms with Crippen LogP contribution in [0.3, 0.4) is 0 Å². The van der Waals surface area contributed by atoms with Gasteiger partial charge < -0.3 is 31.8 Å². The van der Waals surface area contributed by atoms with Crippen LogP contribution in [0.4, 0.5) is 0 Å². The Morgan fingerprint density at radius 1 is 1.14 bits per heavy atom. The average Bonchev–Trinajstić information content (AvgIpc) is 3.16. The van der Waals surface area contributed by atoms with E-state index in [-0.39, 0.29) is 6.42 Å². The van der Waals surface area contributed by atoms with E-state index in [1.165, 1.54) is 38.1 Å². The molecule has 3 amide bonds. The number of rotatable bonds is 12. The van der Waals surface area contributed by atoms with E-state index in [1.807, 2.05) is 6.26 Å². The molecule has 29 heavy (non-hydrogen) atoms. The minimum Gasteiger partial charge on any atom is -0.480 e. The molecule has 7 N–H and O–H groups in total. The molecule has 0 bridgehead atoms. The molecule has 1 rings (SSSR count). The molecule has 0 aliphatic heterocycles. The summed E-state index contributed by atoms with van der Waals surface area (Å²) in [5.74, 6) is -2.31. The summed E-state index contributed by atoms with van der Waals surface area (Å²) in [5.41, 5.74) is 6.13. The van der Waals surface area contributed by atoms with E-state index in [2.05, 4.69) is 25.9 Å². The Bertz CT molecular complexity index is 696. The summed E-state index contributed by atoms with van der Waals surface area (Å²) in [5, 5.41) is 16.5. The lowest BCUT2D eigenvalue weighted by Crippen LogP contribution is -2.57. The van der Waals surface area contributed by atoms with E-state index >= 15 is 0 Å². The van der Waals surface area contributed by atoms with Crippen LogP contribution >= 0.6 is 11.8 Å². The van der Waals surface area contributed by atoms with Crippen molar-refractivity contribution in [1.29, 1.82) is 0 Å². The van der Waals surface area contributed by atoms with Crippen molar-refractivity contribution in [2.24, 2.45) is 5.73 Å². The highest BCUT2D eigenvalue weighted by molar-refractivity contribution is 7.98. The van der Waals surface area contributed by atoms with Crippen LogP contribution in [-0.2, 0) is 25.6 Å². The van der Waals surface area contributed by atoms with E-state index in [9.17, 15) is 19.2 Å². The van der Waals surface area contributed by atoms with Crippen molar-refractivity contribution in [2.75, 3.05) is 12.0 Å². The molecule has 11 nitrogen and oxygen atoms in total. The third-order valence-electron chi connectivity index (χ3n) is 4.00. The molecule has 1 aromatic rings. The van der Waals surface area contributed by atoms with Gasteiger partial charge in [0, 0.05) is 18.3 Å². The summed E-state index contributed by atoms with van der Waals surface area (Å²) in [6, 6.07) is -3.86. The fourth-order valence-electron chi connectivity index (χ4n) is 2.28. The van der Waals surface area contributed by atoms with Gasteiger partial charge in [-0.2, -0.15) is 11.8 Å². The van der Waals surface area contributed by atoms with Crippen molar-refractivity contribution in [2.45, 2.75) is 50.9 Å². The fourth-order valence-corrected chi connectivity index (χ4v) is 2.75. The first-order valence-corrected chi connectivity index (χ1v) is 10.4. The number of H-pyrrole nitrogens is 1. The molecular formula is C17H28N6O5S. The van der Waals surface area contributed by atoms with Crippen LogP contribution in [0, 0.1) is 0 Å². The molecule has 1 aromatic heterocycles. The second kappa shape index (κ2) is 12.1. The number of thioether (sulfide) groups is 1. The summed E-state index contributed by atoms with van der Waals surface area (Å²) in [7, 11) is 0. The summed E-state index contributed by atoms with van der Waals surface area (Å²) < 4.78 is 0. The highest BCUT2D eigenvalue weighted by atomic mass is 32.2. The van der Waals surface area contributed by atoms with E-state index < -0.39 is 47.9 Å². The average molecular weight is 429 g/mol. The standard InChI is InChI=1S/C17H28N6O5S/c1-9(18)14(24)22-12(4-5-29-3)15(25)23-13(6-11-7-19-8-20-11)16(26)21-10(2)17(27)28/h7-10,12-13H,4-6,18H2,1-3H3,(H,19,20)(H,21,26)(H,22,24)(H,23,25)(H,27,28). The van der Waals surface area contributed by atoms with Crippen molar-refractivity contribution in [1.82, 2.24) is 25.9 Å². The van der Waals surface area contributed by atoms with Crippen molar-refractivity contribution < 1.29 is 24.3 Å². The molecule has 1 heterocycles. The third kappa shape index (κ3) is 8.52. The number of nitrogens with zero attached hydrogens (tertiary/aromatic N) is 1. The van der Waals surface area contributed by atoms with Gasteiger partial charge in [0.2, 0.25) is 17.7 Å². The van der Waals surface area contributed by atoms with Gasteiger partial charge in [0.15, 0.2) is 0 Å². The van der Waals surface area contributed by atoms with Gasteiger partial charge in [-0.1, -0.05) is 0 Å². The number of aromatic nitrogens is 2. The molecule has 0 saturated heterocycles. The lowest BCUT2D eigenvalue weighted by molar-refractivity contribution is -0.141. The predicted octanol–water partition coefficient (Wildman–Crippen LogP) is -1.39. The van der Waals surface area contributed by atoms with Crippen molar-refractivity contribution in [3.63, 3.8) is 0 Å². The monoisotopic (exact) mass is 428 g/mol. The zero-order valence-electron chi connectivity index (χ0n) is 16.6. The van der Waals surface area contributed by atoms with Gasteiger partial charge in [-0.15, -0.1) is 0 Å². The number of amides is 3. The number of carbonyl (C=O) groups excluding carboxylic acids is 3. The van der Waals surface area contributed by atoms with Gasteiger partial charge in [0.1, 0.15) is 18.1 Å². The van der Waals surface area contributed by atoms with Crippen LogP contribution in [0.25, 0.3) is 0 Å². The summed E-state index contributed by atoms with van der Waals surface area (Å²) >= 11 is 1.50. The van der Waals surface area contributed by atoms with Gasteiger partial charge in [-0.3, -0.25) is 19.2 Å². The van der Waals surface area contributed by atoms with Gasteiger partial charge in [-0.05, 0) is 32.3 Å². The second-order valence-corrected chi connectivity index (χ2v) is 7.53. The summed E-state index contributed by atoms with van der Waals surface area (Å²) in [4.78, 5) is 55.0. The first kappa shape index (κ1) is 24.4. The second-order valence-electron chi connectivity index (χ2n) is 6.54. The molecule has 0 saturated carbocycles. The first-order valence-electron chi connectivity index (χ1n) is 9.01. The highest BCUT2D eigenvalue weighted by Gasteiger charge is 2.29. The number of imidazole rings is 1. The van der Waals surface area contributed by atoms with E-state index in [4.69, 9.17) is 10.8 Å². The smallest absolute Gasteiger partial charge is 0.325 e. The number of nitrogens with one attached hydrogen (secondary N) is 4. The minimum atomic E-state index is -1.20. The van der Waals surface area contributed by atoms with Crippen LogP contribution in [-0.4, -0.2) is 74.9 Å². The topological polar surface area (TPSA) is 179 Å². The molecule has 0 spiro atoms. The van der Waals surface area contributed by atoms with Crippen molar-refractivity contribution in [3.05, 3.63) is 18.2 Å². The molecule has 162 valence electrons. The Kier molecular flexibility index (Phi) is 10.2. The van der Waals surface area contributed by atoms with Crippen LogP contribution in [0.1, 0.15) is 26.0 Å². The molecule has 0 aliphatic rings.